The maximum atomic E-state index is 6.03. The molecule has 0 amide bonds. The number of halogens is 1. The predicted molar refractivity (Wildman–Crippen MR) is 81.2 cm³/mol. The van der Waals surface area contributed by atoms with Crippen LogP contribution in [0, 0.1) is 5.92 Å². The molecule has 1 aromatic carbocycles. The van der Waals surface area contributed by atoms with Gasteiger partial charge in [0.15, 0.2) is 11.6 Å². The lowest BCUT2D eigenvalue weighted by Gasteiger charge is -2.11. The molecule has 100 valence electrons. The fourth-order valence-corrected chi connectivity index (χ4v) is 2.25. The van der Waals surface area contributed by atoms with Gasteiger partial charge in [-0.2, -0.15) is 9.97 Å². The molecule has 0 unspecified atom stereocenters. The smallest absolute Gasteiger partial charge is 0.208 e. The monoisotopic (exact) mass is 283 g/mol. The van der Waals surface area contributed by atoms with Gasteiger partial charge in [0.25, 0.3) is 0 Å². The van der Waals surface area contributed by atoms with E-state index in [0.717, 1.165) is 17.6 Å². The van der Waals surface area contributed by atoms with Gasteiger partial charge in [-0.15, -0.1) is 0 Å². The Morgan fingerprint density at radius 3 is 2.50 bits per heavy atom. The number of benzene rings is 1. The maximum Gasteiger partial charge on any atom is 0.226 e. The summed E-state index contributed by atoms with van der Waals surface area (Å²) < 4.78 is 0. The quantitative estimate of drug-likeness (QED) is 0.830. The van der Waals surface area contributed by atoms with Crippen LogP contribution in [0.15, 0.2) is 48.6 Å². The Balaban J connectivity index is 2.02. The van der Waals surface area contributed by atoms with E-state index in [-0.39, 0.29) is 5.28 Å². The van der Waals surface area contributed by atoms with E-state index < -0.39 is 0 Å². The van der Waals surface area contributed by atoms with Crippen molar-refractivity contribution in [2.45, 2.75) is 13.3 Å². The van der Waals surface area contributed by atoms with Crippen molar-refractivity contribution in [1.29, 1.82) is 0 Å². The lowest BCUT2D eigenvalue weighted by atomic mass is 9.98. The van der Waals surface area contributed by atoms with Gasteiger partial charge in [0, 0.05) is 11.1 Å². The highest BCUT2D eigenvalue weighted by atomic mass is 35.5. The number of aromatic nitrogens is 3. The first-order chi connectivity index (χ1) is 9.72. The Hall–Kier alpha value is -2.00. The van der Waals surface area contributed by atoms with E-state index in [1.807, 2.05) is 30.3 Å². The van der Waals surface area contributed by atoms with Crippen LogP contribution in [0.1, 0.15) is 19.2 Å². The van der Waals surface area contributed by atoms with Gasteiger partial charge in [0.2, 0.25) is 5.28 Å². The summed E-state index contributed by atoms with van der Waals surface area (Å²) in [5.41, 5.74) is 1.94. The van der Waals surface area contributed by atoms with E-state index >= 15 is 0 Å². The van der Waals surface area contributed by atoms with E-state index in [1.165, 1.54) is 0 Å². The molecule has 3 rings (SSSR count). The van der Waals surface area contributed by atoms with Gasteiger partial charge in [0.1, 0.15) is 0 Å². The summed E-state index contributed by atoms with van der Waals surface area (Å²) in [5.74, 6) is 1.80. The first kappa shape index (κ1) is 13.0. The van der Waals surface area contributed by atoms with Gasteiger partial charge in [-0.1, -0.05) is 55.5 Å². The molecular weight excluding hydrogens is 270 g/mol. The van der Waals surface area contributed by atoms with Crippen LogP contribution < -0.4 is 0 Å². The van der Waals surface area contributed by atoms with Crippen molar-refractivity contribution in [1.82, 2.24) is 15.0 Å². The van der Waals surface area contributed by atoms with E-state index in [4.69, 9.17) is 11.6 Å². The van der Waals surface area contributed by atoms with Crippen molar-refractivity contribution >= 4 is 17.2 Å². The lowest BCUT2D eigenvalue weighted by Crippen LogP contribution is -2.02. The minimum Gasteiger partial charge on any atom is -0.208 e. The number of rotatable bonds is 2. The van der Waals surface area contributed by atoms with Crippen LogP contribution in [0.4, 0.5) is 0 Å². The molecule has 0 saturated carbocycles. The van der Waals surface area contributed by atoms with Crippen LogP contribution in [-0.2, 0) is 0 Å². The van der Waals surface area contributed by atoms with Gasteiger partial charge in [-0.25, -0.2) is 4.98 Å². The first-order valence-electron chi connectivity index (χ1n) is 6.58. The van der Waals surface area contributed by atoms with Crippen LogP contribution in [0.5, 0.6) is 0 Å². The number of hydrogen-bond acceptors (Lipinski definition) is 3. The maximum absolute atomic E-state index is 6.03. The van der Waals surface area contributed by atoms with Gasteiger partial charge in [0.05, 0.1) is 0 Å². The molecule has 1 aliphatic carbocycles. The van der Waals surface area contributed by atoms with Gasteiger partial charge in [-0.3, -0.25) is 0 Å². The zero-order valence-corrected chi connectivity index (χ0v) is 11.9. The highest BCUT2D eigenvalue weighted by Gasteiger charge is 2.12. The van der Waals surface area contributed by atoms with Crippen molar-refractivity contribution in [3.8, 4) is 11.4 Å². The number of nitrogens with zero attached hydrogens (tertiary/aromatic N) is 3. The first-order valence-corrected chi connectivity index (χ1v) is 6.96. The van der Waals surface area contributed by atoms with Gasteiger partial charge < -0.3 is 0 Å². The second-order valence-corrected chi connectivity index (χ2v) is 5.19. The topological polar surface area (TPSA) is 38.7 Å². The molecule has 0 spiro atoms. The molecule has 0 N–H and O–H groups in total. The summed E-state index contributed by atoms with van der Waals surface area (Å²) in [7, 11) is 0. The standard InChI is InChI=1S/C16H14ClN3/c1-11-7-9-13(10-8-11)15-18-14(19-16(17)20-15)12-5-3-2-4-6-12/h2-7,9-11H,8H2,1H3/t11-/m1/s1. The molecule has 2 aromatic rings. The normalized spacial score (nSPS) is 17.9. The average molecular weight is 284 g/mol. The molecular formula is C16H14ClN3. The average Bonchev–Trinajstić information content (AvgIpc) is 2.48. The highest BCUT2D eigenvalue weighted by molar-refractivity contribution is 6.28. The van der Waals surface area contributed by atoms with Crippen LogP contribution >= 0.6 is 11.6 Å². The Bertz CT molecular complexity index is 677. The molecule has 1 atom stereocenters. The molecule has 0 fully saturated rings. The molecule has 1 aliphatic rings. The molecule has 0 radical (unpaired) electrons. The summed E-state index contributed by atoms with van der Waals surface area (Å²) in [6.07, 6.45) is 7.35. The van der Waals surface area contributed by atoms with Gasteiger partial charge >= 0.3 is 0 Å². The summed E-state index contributed by atoms with van der Waals surface area (Å²) in [5, 5.41) is 0.224. The van der Waals surface area contributed by atoms with Crippen LogP contribution in [0.25, 0.3) is 17.0 Å². The Morgan fingerprint density at radius 1 is 1.05 bits per heavy atom. The van der Waals surface area contributed by atoms with E-state index in [2.05, 4.69) is 40.1 Å². The number of allylic oxidation sites excluding steroid dienone is 4. The van der Waals surface area contributed by atoms with Gasteiger partial charge in [-0.05, 0) is 23.9 Å². The van der Waals surface area contributed by atoms with Crippen molar-refractivity contribution in [3.63, 3.8) is 0 Å². The van der Waals surface area contributed by atoms with E-state index in [9.17, 15) is 0 Å². The molecule has 0 aliphatic heterocycles. The number of hydrogen-bond donors (Lipinski definition) is 0. The van der Waals surface area contributed by atoms with Crippen molar-refractivity contribution < 1.29 is 0 Å². The summed E-state index contributed by atoms with van der Waals surface area (Å²) >= 11 is 6.03. The molecule has 4 heteroatoms. The summed E-state index contributed by atoms with van der Waals surface area (Å²) in [4.78, 5) is 13.0. The van der Waals surface area contributed by atoms with E-state index in [0.29, 0.717) is 17.6 Å². The van der Waals surface area contributed by atoms with E-state index in [1.54, 1.807) is 0 Å². The Morgan fingerprint density at radius 2 is 1.80 bits per heavy atom. The second kappa shape index (κ2) is 5.55. The van der Waals surface area contributed by atoms with Crippen molar-refractivity contribution in [3.05, 3.63) is 59.7 Å². The fourth-order valence-electron chi connectivity index (χ4n) is 2.09. The predicted octanol–water partition coefficient (Wildman–Crippen LogP) is 4.17. The third-order valence-corrected chi connectivity index (χ3v) is 3.38. The molecule has 1 heterocycles. The third-order valence-electron chi connectivity index (χ3n) is 3.21. The summed E-state index contributed by atoms with van der Waals surface area (Å²) in [6, 6.07) is 9.79. The minimum absolute atomic E-state index is 0.224. The molecule has 0 saturated heterocycles. The zero-order chi connectivity index (χ0) is 13.9. The van der Waals surface area contributed by atoms with Crippen LogP contribution in [-0.4, -0.2) is 15.0 Å². The second-order valence-electron chi connectivity index (χ2n) is 4.85. The molecule has 0 bridgehead atoms. The fraction of sp³-hybridized carbons (Fsp3) is 0.188. The lowest BCUT2D eigenvalue weighted by molar-refractivity contribution is 0.738. The zero-order valence-electron chi connectivity index (χ0n) is 11.1. The Kier molecular flexibility index (Phi) is 3.61. The molecule has 20 heavy (non-hydrogen) atoms. The molecule has 3 nitrogen and oxygen atoms in total. The van der Waals surface area contributed by atoms with Crippen molar-refractivity contribution in [2.24, 2.45) is 5.92 Å². The third kappa shape index (κ3) is 2.78. The largest absolute Gasteiger partial charge is 0.226 e. The van der Waals surface area contributed by atoms with Crippen LogP contribution in [0.3, 0.4) is 0 Å². The van der Waals surface area contributed by atoms with Crippen LogP contribution in [0.2, 0.25) is 5.28 Å². The minimum atomic E-state index is 0.224. The SMILES string of the molecule is C[C@@H]1C=CC(c2nc(Cl)nc(-c3ccccc3)n2)=CC1. The summed E-state index contributed by atoms with van der Waals surface area (Å²) in [6.45, 7) is 2.18. The molecule has 1 aromatic heterocycles. The van der Waals surface area contributed by atoms with Crippen molar-refractivity contribution in [2.75, 3.05) is 0 Å². The highest BCUT2D eigenvalue weighted by Crippen LogP contribution is 2.24. The Labute approximate surface area is 123 Å².